The van der Waals surface area contributed by atoms with Gasteiger partial charge in [0.05, 0.1) is 7.11 Å². The van der Waals surface area contributed by atoms with Gasteiger partial charge >= 0.3 is 0 Å². The van der Waals surface area contributed by atoms with E-state index in [0.717, 1.165) is 15.4 Å². The molecule has 0 aliphatic heterocycles. The van der Waals surface area contributed by atoms with Crippen LogP contribution >= 0.6 is 15.9 Å². The lowest BCUT2D eigenvalue weighted by atomic mass is 10.3. The average molecular weight is 241 g/mol. The monoisotopic (exact) mass is 240 g/mol. The van der Waals surface area contributed by atoms with E-state index < -0.39 is 0 Å². The zero-order valence-corrected chi connectivity index (χ0v) is 9.00. The summed E-state index contributed by atoms with van der Waals surface area (Å²) in [5.41, 5.74) is 1.01. The number of aromatic nitrogens is 2. The van der Waals surface area contributed by atoms with E-state index in [1.807, 2.05) is 23.9 Å². The van der Waals surface area contributed by atoms with Crippen molar-refractivity contribution in [2.75, 3.05) is 7.11 Å². The Labute approximate surface area is 84.5 Å². The number of halogens is 1. The minimum atomic E-state index is 0.658. The highest BCUT2D eigenvalue weighted by Gasteiger charge is 2.09. The van der Waals surface area contributed by atoms with Gasteiger partial charge in [-0.25, -0.2) is 4.98 Å². The topological polar surface area (TPSA) is 27.1 Å². The molecule has 0 atom stereocenters. The van der Waals surface area contributed by atoms with Gasteiger partial charge in [0.25, 0.3) is 0 Å². The highest BCUT2D eigenvalue weighted by Crippen LogP contribution is 2.29. The summed E-state index contributed by atoms with van der Waals surface area (Å²) in [6.45, 7) is 0. The molecule has 0 bridgehead atoms. The first kappa shape index (κ1) is 8.56. The van der Waals surface area contributed by atoms with Gasteiger partial charge in [-0.05, 0) is 22.0 Å². The van der Waals surface area contributed by atoms with Crippen LogP contribution in [0.1, 0.15) is 0 Å². The Kier molecular flexibility index (Phi) is 2.00. The molecule has 0 radical (unpaired) electrons. The minimum absolute atomic E-state index is 0.658. The molecule has 13 heavy (non-hydrogen) atoms. The molecule has 0 spiro atoms. The first-order valence-corrected chi connectivity index (χ1v) is 4.67. The van der Waals surface area contributed by atoms with Crippen molar-refractivity contribution in [3.05, 3.63) is 22.9 Å². The van der Waals surface area contributed by atoms with Gasteiger partial charge in [-0.15, -0.1) is 0 Å². The third-order valence-corrected chi connectivity index (χ3v) is 2.63. The second-order valence-electron chi connectivity index (χ2n) is 2.80. The average Bonchev–Trinajstić information content (AvgIpc) is 2.43. The Morgan fingerprint density at radius 2 is 2.31 bits per heavy atom. The van der Waals surface area contributed by atoms with E-state index in [4.69, 9.17) is 4.74 Å². The number of hydrogen-bond acceptors (Lipinski definition) is 2. The van der Waals surface area contributed by atoms with E-state index in [9.17, 15) is 0 Å². The Balaban J connectivity index is 2.88. The molecule has 0 amide bonds. The van der Waals surface area contributed by atoms with Crippen LogP contribution in [0.3, 0.4) is 0 Å². The standard InChI is InChI=1S/C9H9BrN2O/c1-12-5-7(10)6-3-4-11-9(13-2)8(6)12/h3-5H,1-2H3. The molecular formula is C9H9BrN2O. The number of nitrogens with zero attached hydrogens (tertiary/aromatic N) is 2. The summed E-state index contributed by atoms with van der Waals surface area (Å²) in [7, 11) is 3.60. The molecule has 0 saturated heterocycles. The van der Waals surface area contributed by atoms with Crippen LogP contribution in [0.4, 0.5) is 0 Å². The van der Waals surface area contributed by atoms with Crippen molar-refractivity contribution in [2.45, 2.75) is 0 Å². The van der Waals surface area contributed by atoms with Gasteiger partial charge in [0.2, 0.25) is 5.88 Å². The Bertz CT molecular complexity index is 450. The largest absolute Gasteiger partial charge is 0.479 e. The van der Waals surface area contributed by atoms with Gasteiger partial charge in [0.1, 0.15) is 5.52 Å². The smallest absolute Gasteiger partial charge is 0.238 e. The third-order valence-electron chi connectivity index (χ3n) is 2.00. The molecule has 0 saturated carbocycles. The van der Waals surface area contributed by atoms with Crippen LogP contribution in [0.2, 0.25) is 0 Å². The normalized spacial score (nSPS) is 10.7. The van der Waals surface area contributed by atoms with Crippen LogP contribution in [0, 0.1) is 0 Å². The fourth-order valence-electron chi connectivity index (χ4n) is 1.42. The van der Waals surface area contributed by atoms with Gasteiger partial charge in [-0.3, -0.25) is 0 Å². The minimum Gasteiger partial charge on any atom is -0.479 e. The Hall–Kier alpha value is -1.03. The summed E-state index contributed by atoms with van der Waals surface area (Å²) >= 11 is 3.48. The molecule has 2 heterocycles. The second kappa shape index (κ2) is 3.03. The molecule has 2 rings (SSSR count). The lowest BCUT2D eigenvalue weighted by molar-refractivity contribution is 0.401. The van der Waals surface area contributed by atoms with Crippen molar-refractivity contribution in [3.8, 4) is 5.88 Å². The summed E-state index contributed by atoms with van der Waals surface area (Å²) in [6, 6.07) is 1.96. The Morgan fingerprint density at radius 3 is 3.00 bits per heavy atom. The number of ether oxygens (including phenoxy) is 1. The van der Waals surface area contributed by atoms with Crippen LogP contribution < -0.4 is 4.74 Å². The molecule has 0 aromatic carbocycles. The summed E-state index contributed by atoms with van der Waals surface area (Å²) in [5.74, 6) is 0.658. The highest BCUT2D eigenvalue weighted by atomic mass is 79.9. The number of rotatable bonds is 1. The van der Waals surface area contributed by atoms with Crippen molar-refractivity contribution in [2.24, 2.45) is 7.05 Å². The van der Waals surface area contributed by atoms with E-state index in [-0.39, 0.29) is 0 Å². The lowest BCUT2D eigenvalue weighted by Gasteiger charge is -2.01. The quantitative estimate of drug-likeness (QED) is 0.766. The SMILES string of the molecule is COc1nccc2c(Br)cn(C)c12. The summed E-state index contributed by atoms with van der Waals surface area (Å²) in [4.78, 5) is 4.14. The Morgan fingerprint density at radius 1 is 1.54 bits per heavy atom. The fourth-order valence-corrected chi connectivity index (χ4v) is 2.05. The lowest BCUT2D eigenvalue weighted by Crippen LogP contribution is -1.92. The number of fused-ring (bicyclic) bond motifs is 1. The number of methoxy groups -OCH3 is 1. The first-order valence-electron chi connectivity index (χ1n) is 3.87. The molecule has 0 unspecified atom stereocenters. The van der Waals surface area contributed by atoms with E-state index in [0.29, 0.717) is 5.88 Å². The number of aryl methyl sites for hydroxylation is 1. The summed E-state index contributed by atoms with van der Waals surface area (Å²) in [6.07, 6.45) is 3.74. The van der Waals surface area contributed by atoms with Crippen LogP contribution in [0.5, 0.6) is 5.88 Å². The molecule has 0 aliphatic carbocycles. The molecule has 2 aromatic rings. The second-order valence-corrected chi connectivity index (χ2v) is 3.66. The van der Waals surface area contributed by atoms with Crippen LogP contribution in [-0.2, 0) is 7.05 Å². The van der Waals surface area contributed by atoms with Gasteiger partial charge < -0.3 is 9.30 Å². The van der Waals surface area contributed by atoms with Gasteiger partial charge in [0.15, 0.2) is 0 Å². The van der Waals surface area contributed by atoms with Gasteiger partial charge in [-0.2, -0.15) is 0 Å². The molecule has 0 N–H and O–H groups in total. The van der Waals surface area contributed by atoms with Crippen molar-refractivity contribution >= 4 is 26.8 Å². The zero-order chi connectivity index (χ0) is 9.42. The molecule has 68 valence electrons. The van der Waals surface area contributed by atoms with Crippen LogP contribution in [0.25, 0.3) is 10.9 Å². The van der Waals surface area contributed by atoms with Crippen molar-refractivity contribution < 1.29 is 4.74 Å². The van der Waals surface area contributed by atoms with Crippen molar-refractivity contribution in [1.29, 1.82) is 0 Å². The number of pyridine rings is 1. The maximum absolute atomic E-state index is 5.17. The van der Waals surface area contributed by atoms with Crippen molar-refractivity contribution in [3.63, 3.8) is 0 Å². The molecule has 0 fully saturated rings. The molecular weight excluding hydrogens is 232 g/mol. The van der Waals surface area contributed by atoms with E-state index >= 15 is 0 Å². The van der Waals surface area contributed by atoms with Gasteiger partial charge in [0, 0.05) is 29.3 Å². The maximum atomic E-state index is 5.17. The predicted molar refractivity (Wildman–Crippen MR) is 55.0 cm³/mol. The van der Waals surface area contributed by atoms with Crippen LogP contribution in [0.15, 0.2) is 22.9 Å². The summed E-state index contributed by atoms with van der Waals surface area (Å²) in [5, 5.41) is 1.12. The maximum Gasteiger partial charge on any atom is 0.238 e. The fraction of sp³-hybridized carbons (Fsp3) is 0.222. The van der Waals surface area contributed by atoms with Gasteiger partial charge in [-0.1, -0.05) is 0 Å². The predicted octanol–water partition coefficient (Wildman–Crippen LogP) is 2.34. The molecule has 0 aliphatic rings. The van der Waals surface area contributed by atoms with E-state index in [1.165, 1.54) is 0 Å². The highest BCUT2D eigenvalue weighted by molar-refractivity contribution is 9.10. The molecule has 3 nitrogen and oxygen atoms in total. The summed E-state index contributed by atoms with van der Waals surface area (Å²) < 4.78 is 8.22. The van der Waals surface area contributed by atoms with E-state index in [1.54, 1.807) is 13.3 Å². The third kappa shape index (κ3) is 1.21. The molecule has 4 heteroatoms. The van der Waals surface area contributed by atoms with Crippen LogP contribution in [-0.4, -0.2) is 16.7 Å². The molecule has 2 aromatic heterocycles. The number of hydrogen-bond donors (Lipinski definition) is 0. The zero-order valence-electron chi connectivity index (χ0n) is 7.41. The van der Waals surface area contributed by atoms with E-state index in [2.05, 4.69) is 20.9 Å². The van der Waals surface area contributed by atoms with Crippen molar-refractivity contribution in [1.82, 2.24) is 9.55 Å². The first-order chi connectivity index (χ1) is 6.24.